The number of aryl methyl sites for hydroxylation is 1. The van der Waals surface area contributed by atoms with Gasteiger partial charge in [0.05, 0.1) is 16.9 Å². The molecule has 0 saturated carbocycles. The third-order valence-electron chi connectivity index (χ3n) is 5.15. The van der Waals surface area contributed by atoms with Crippen LogP contribution in [0.25, 0.3) is 0 Å². The Bertz CT molecular complexity index is 1150. The van der Waals surface area contributed by atoms with E-state index in [4.69, 9.17) is 0 Å². The van der Waals surface area contributed by atoms with Gasteiger partial charge in [-0.15, -0.1) is 0 Å². The molecule has 11 heteroatoms. The zero-order valence-corrected chi connectivity index (χ0v) is 20.7. The molecule has 0 spiro atoms. The second-order valence-electron chi connectivity index (χ2n) is 8.34. The average Bonchev–Trinajstić information content (AvgIpc) is 2.75. The van der Waals surface area contributed by atoms with Crippen LogP contribution in [0.4, 0.5) is 11.4 Å². The van der Waals surface area contributed by atoms with Gasteiger partial charge in [-0.3, -0.25) is 24.0 Å². The van der Waals surface area contributed by atoms with Gasteiger partial charge in [0.1, 0.15) is 12.6 Å². The topological polar surface area (TPSA) is 130 Å². The number of rotatable bonds is 10. The lowest BCUT2D eigenvalue weighted by Crippen LogP contribution is -2.52. The van der Waals surface area contributed by atoms with Crippen molar-refractivity contribution in [2.24, 2.45) is 0 Å². The third-order valence-corrected chi connectivity index (χ3v) is 6.27. The maximum atomic E-state index is 13.4. The van der Waals surface area contributed by atoms with Crippen LogP contribution in [0, 0.1) is 17.0 Å². The maximum absolute atomic E-state index is 13.4. The number of hydrogen-bond donors (Lipinski definition) is 1. The Balaban J connectivity index is 2.46. The quantitative estimate of drug-likeness (QED) is 0.402. The van der Waals surface area contributed by atoms with Gasteiger partial charge in [0.25, 0.3) is 5.69 Å². The molecule has 0 aromatic heterocycles. The predicted molar refractivity (Wildman–Crippen MR) is 130 cm³/mol. The molecule has 0 aliphatic rings. The molecule has 0 saturated heterocycles. The summed E-state index contributed by atoms with van der Waals surface area (Å²) in [5.41, 5.74) is 0.943. The predicted octanol–water partition coefficient (Wildman–Crippen LogP) is 2.61. The summed E-state index contributed by atoms with van der Waals surface area (Å²) in [4.78, 5) is 38.1. The fourth-order valence-electron chi connectivity index (χ4n) is 3.34. The fraction of sp³-hybridized carbons (Fsp3) is 0.391. The van der Waals surface area contributed by atoms with E-state index in [-0.39, 0.29) is 29.9 Å². The van der Waals surface area contributed by atoms with Crippen LogP contribution in [0.15, 0.2) is 48.5 Å². The fourth-order valence-corrected chi connectivity index (χ4v) is 4.24. The van der Waals surface area contributed by atoms with Gasteiger partial charge in [0, 0.05) is 24.7 Å². The highest BCUT2D eigenvalue weighted by Gasteiger charge is 2.31. The first-order valence-corrected chi connectivity index (χ1v) is 12.5. The molecule has 2 aromatic rings. The number of amides is 2. The van der Waals surface area contributed by atoms with Crippen LogP contribution in [-0.2, 0) is 26.2 Å². The number of carbonyl (C=O) groups excluding carboxylic acids is 2. The first-order chi connectivity index (χ1) is 15.8. The molecule has 0 bridgehead atoms. The Morgan fingerprint density at radius 1 is 1.09 bits per heavy atom. The van der Waals surface area contributed by atoms with Crippen LogP contribution in [0.3, 0.4) is 0 Å². The van der Waals surface area contributed by atoms with Crippen molar-refractivity contribution in [3.05, 3.63) is 69.8 Å². The highest BCUT2D eigenvalue weighted by molar-refractivity contribution is 7.92. The second-order valence-corrected chi connectivity index (χ2v) is 10.3. The highest BCUT2D eigenvalue weighted by Crippen LogP contribution is 2.27. The van der Waals surface area contributed by atoms with Crippen molar-refractivity contribution >= 4 is 33.2 Å². The van der Waals surface area contributed by atoms with Crippen molar-refractivity contribution in [2.75, 3.05) is 17.1 Å². The van der Waals surface area contributed by atoms with Crippen LogP contribution < -0.4 is 9.62 Å². The Kier molecular flexibility index (Phi) is 8.74. The maximum Gasteiger partial charge on any atom is 0.271 e. The summed E-state index contributed by atoms with van der Waals surface area (Å²) < 4.78 is 26.1. The van der Waals surface area contributed by atoms with Gasteiger partial charge in [-0.25, -0.2) is 8.42 Å². The number of nitro groups is 1. The number of anilines is 1. The number of nitro benzene ring substituents is 1. The molecule has 2 amide bonds. The minimum atomic E-state index is -3.99. The van der Waals surface area contributed by atoms with Gasteiger partial charge >= 0.3 is 0 Å². The van der Waals surface area contributed by atoms with E-state index in [1.165, 1.54) is 17.0 Å². The number of nitrogens with zero attached hydrogens (tertiary/aromatic N) is 3. The smallest absolute Gasteiger partial charge is 0.271 e. The number of hydrogen-bond acceptors (Lipinski definition) is 6. The minimum Gasteiger partial charge on any atom is -0.352 e. The first-order valence-electron chi connectivity index (χ1n) is 10.7. The van der Waals surface area contributed by atoms with Gasteiger partial charge in [0.2, 0.25) is 21.8 Å². The Morgan fingerprint density at radius 3 is 2.24 bits per heavy atom. The first kappa shape index (κ1) is 26.8. The zero-order chi connectivity index (χ0) is 25.6. The third kappa shape index (κ3) is 7.01. The monoisotopic (exact) mass is 490 g/mol. The molecule has 0 aliphatic carbocycles. The molecule has 0 aliphatic heterocycles. The lowest BCUT2D eigenvalue weighted by atomic mass is 10.1. The summed E-state index contributed by atoms with van der Waals surface area (Å²) in [5.74, 6) is -0.997. The largest absolute Gasteiger partial charge is 0.352 e. The Labute approximate surface area is 199 Å². The summed E-state index contributed by atoms with van der Waals surface area (Å²) in [5, 5.41) is 14.0. The standard InChI is InChI=1S/C23H30N4O6S/c1-16(2)24-23(29)18(4)25(14-19-9-7-6-8-10-19)22(28)15-26(34(5,32)33)21-13-20(27(30)31)12-11-17(21)3/h6-13,16,18H,14-15H2,1-5H3,(H,24,29)/t18-/m0/s1. The van der Waals surface area contributed by atoms with Crippen LogP contribution >= 0.6 is 0 Å². The molecule has 0 heterocycles. The lowest BCUT2D eigenvalue weighted by Gasteiger charge is -2.32. The van der Waals surface area contributed by atoms with Gasteiger partial charge in [-0.1, -0.05) is 36.4 Å². The lowest BCUT2D eigenvalue weighted by molar-refractivity contribution is -0.384. The molecule has 0 unspecified atom stereocenters. The number of benzene rings is 2. The highest BCUT2D eigenvalue weighted by atomic mass is 32.2. The molecular weight excluding hydrogens is 460 g/mol. The van der Waals surface area contributed by atoms with Gasteiger partial charge in [-0.2, -0.15) is 0 Å². The number of nitrogens with one attached hydrogen (secondary N) is 1. The molecule has 0 radical (unpaired) electrons. The van der Waals surface area contributed by atoms with E-state index in [1.807, 2.05) is 6.07 Å². The van der Waals surface area contributed by atoms with Crippen molar-refractivity contribution in [3.8, 4) is 0 Å². The van der Waals surface area contributed by atoms with Crippen molar-refractivity contribution in [1.82, 2.24) is 10.2 Å². The van der Waals surface area contributed by atoms with E-state index >= 15 is 0 Å². The molecule has 0 fully saturated rings. The van der Waals surface area contributed by atoms with E-state index in [0.29, 0.717) is 5.56 Å². The molecule has 10 nitrogen and oxygen atoms in total. The van der Waals surface area contributed by atoms with E-state index in [1.54, 1.807) is 52.0 Å². The average molecular weight is 491 g/mol. The summed E-state index contributed by atoms with van der Waals surface area (Å²) in [7, 11) is -3.99. The van der Waals surface area contributed by atoms with Crippen LogP contribution in [0.2, 0.25) is 0 Å². The molecule has 2 aromatic carbocycles. The van der Waals surface area contributed by atoms with Crippen molar-refractivity contribution in [2.45, 2.75) is 46.3 Å². The van der Waals surface area contributed by atoms with Gasteiger partial charge in [-0.05, 0) is 38.8 Å². The van der Waals surface area contributed by atoms with Crippen molar-refractivity contribution in [3.63, 3.8) is 0 Å². The minimum absolute atomic E-state index is 0.0315. The van der Waals surface area contributed by atoms with Crippen LogP contribution in [0.1, 0.15) is 31.9 Å². The van der Waals surface area contributed by atoms with Gasteiger partial charge < -0.3 is 10.2 Å². The van der Waals surface area contributed by atoms with E-state index < -0.39 is 33.4 Å². The number of carbonyl (C=O) groups is 2. The summed E-state index contributed by atoms with van der Waals surface area (Å²) >= 11 is 0. The van der Waals surface area contributed by atoms with E-state index in [2.05, 4.69) is 5.32 Å². The van der Waals surface area contributed by atoms with Crippen molar-refractivity contribution < 1.29 is 22.9 Å². The molecule has 1 atom stereocenters. The van der Waals surface area contributed by atoms with Gasteiger partial charge in [0.15, 0.2) is 0 Å². The van der Waals surface area contributed by atoms with Crippen molar-refractivity contribution in [1.29, 1.82) is 0 Å². The molecule has 34 heavy (non-hydrogen) atoms. The normalized spacial score (nSPS) is 12.2. The zero-order valence-electron chi connectivity index (χ0n) is 19.9. The van der Waals surface area contributed by atoms with Crippen LogP contribution in [-0.4, -0.2) is 54.9 Å². The molecule has 184 valence electrons. The number of sulfonamides is 1. The van der Waals surface area contributed by atoms with Crippen LogP contribution in [0.5, 0.6) is 0 Å². The second kappa shape index (κ2) is 11.1. The Morgan fingerprint density at radius 2 is 1.71 bits per heavy atom. The van der Waals surface area contributed by atoms with E-state index in [9.17, 15) is 28.1 Å². The number of non-ortho nitro benzene ring substituents is 1. The summed E-state index contributed by atoms with van der Waals surface area (Å²) in [6.45, 7) is 6.23. The van der Waals surface area contributed by atoms with E-state index in [0.717, 1.165) is 22.2 Å². The molecule has 1 N–H and O–H groups in total. The Hall–Kier alpha value is -3.47. The summed E-state index contributed by atoms with van der Waals surface area (Å²) in [6, 6.07) is 11.8. The summed E-state index contributed by atoms with van der Waals surface area (Å²) in [6.07, 6.45) is 0.926. The molecular formula is C23H30N4O6S. The SMILES string of the molecule is Cc1ccc([N+](=O)[O-])cc1N(CC(=O)N(Cc1ccccc1)[C@@H](C)C(=O)NC(C)C)S(C)(=O)=O. The molecule has 2 rings (SSSR count).